The molecule has 1 fully saturated rings. The first-order valence-corrected chi connectivity index (χ1v) is 6.49. The standard InChI is InChI=1S/C13H28N2/c1-5-15(4)13(10-14)9-7-6-8-12(13)11(2)3/h11-12H,5-10,14H2,1-4H3. The molecule has 90 valence electrons. The Morgan fingerprint density at radius 3 is 2.53 bits per heavy atom. The lowest BCUT2D eigenvalue weighted by molar-refractivity contribution is 0.00669. The van der Waals surface area contributed by atoms with Gasteiger partial charge in [-0.1, -0.05) is 33.6 Å². The minimum absolute atomic E-state index is 0.279. The van der Waals surface area contributed by atoms with Crippen LogP contribution in [-0.2, 0) is 0 Å². The summed E-state index contributed by atoms with van der Waals surface area (Å²) in [6.45, 7) is 8.87. The maximum Gasteiger partial charge on any atom is 0.0359 e. The van der Waals surface area contributed by atoms with Crippen LogP contribution < -0.4 is 5.73 Å². The van der Waals surface area contributed by atoms with Crippen molar-refractivity contribution in [2.75, 3.05) is 20.1 Å². The van der Waals surface area contributed by atoms with Crippen LogP contribution in [0, 0.1) is 11.8 Å². The van der Waals surface area contributed by atoms with Crippen LogP contribution in [0.5, 0.6) is 0 Å². The molecule has 2 heteroatoms. The lowest BCUT2D eigenvalue weighted by Crippen LogP contribution is -2.59. The number of nitrogens with two attached hydrogens (primary N) is 1. The maximum atomic E-state index is 6.10. The number of hydrogen-bond donors (Lipinski definition) is 1. The molecule has 2 nitrogen and oxygen atoms in total. The fourth-order valence-corrected chi connectivity index (χ4v) is 3.40. The lowest BCUT2D eigenvalue weighted by Gasteiger charge is -2.51. The highest BCUT2D eigenvalue weighted by atomic mass is 15.2. The van der Waals surface area contributed by atoms with Crippen LogP contribution in [0.1, 0.15) is 46.5 Å². The molecule has 2 N–H and O–H groups in total. The molecule has 0 aliphatic heterocycles. The van der Waals surface area contributed by atoms with E-state index in [-0.39, 0.29) is 5.54 Å². The van der Waals surface area contributed by atoms with Gasteiger partial charge < -0.3 is 5.73 Å². The van der Waals surface area contributed by atoms with E-state index in [1.54, 1.807) is 0 Å². The van der Waals surface area contributed by atoms with Gasteiger partial charge >= 0.3 is 0 Å². The van der Waals surface area contributed by atoms with Gasteiger partial charge in [0.05, 0.1) is 0 Å². The van der Waals surface area contributed by atoms with Crippen molar-refractivity contribution in [2.24, 2.45) is 17.6 Å². The minimum Gasteiger partial charge on any atom is -0.329 e. The predicted molar refractivity (Wildman–Crippen MR) is 66.9 cm³/mol. The van der Waals surface area contributed by atoms with Crippen LogP contribution in [0.25, 0.3) is 0 Å². The molecule has 1 saturated carbocycles. The highest BCUT2D eigenvalue weighted by molar-refractivity contribution is 4.99. The van der Waals surface area contributed by atoms with Crippen molar-refractivity contribution in [1.82, 2.24) is 4.90 Å². The van der Waals surface area contributed by atoms with Crippen molar-refractivity contribution < 1.29 is 0 Å². The Balaban J connectivity index is 2.90. The van der Waals surface area contributed by atoms with E-state index >= 15 is 0 Å². The zero-order valence-electron chi connectivity index (χ0n) is 10.9. The highest BCUT2D eigenvalue weighted by Gasteiger charge is 2.43. The first-order valence-electron chi connectivity index (χ1n) is 6.49. The van der Waals surface area contributed by atoms with E-state index in [4.69, 9.17) is 5.73 Å². The van der Waals surface area contributed by atoms with Crippen LogP contribution in [-0.4, -0.2) is 30.6 Å². The van der Waals surface area contributed by atoms with Gasteiger partial charge in [0.2, 0.25) is 0 Å². The molecule has 1 aliphatic carbocycles. The summed E-state index contributed by atoms with van der Waals surface area (Å²) < 4.78 is 0. The van der Waals surface area contributed by atoms with Gasteiger partial charge in [-0.15, -0.1) is 0 Å². The van der Waals surface area contributed by atoms with Gasteiger partial charge in [0.1, 0.15) is 0 Å². The summed E-state index contributed by atoms with van der Waals surface area (Å²) in [6, 6.07) is 0. The highest BCUT2D eigenvalue weighted by Crippen LogP contribution is 2.41. The molecular formula is C13H28N2. The molecule has 2 atom stereocenters. The summed E-state index contributed by atoms with van der Waals surface area (Å²) in [4.78, 5) is 2.50. The molecule has 1 aliphatic rings. The Bertz CT molecular complexity index is 191. The molecule has 0 aromatic heterocycles. The Morgan fingerprint density at radius 1 is 1.40 bits per heavy atom. The Labute approximate surface area is 95.2 Å². The average molecular weight is 212 g/mol. The summed E-state index contributed by atoms with van der Waals surface area (Å²) in [7, 11) is 2.24. The zero-order valence-corrected chi connectivity index (χ0v) is 10.9. The molecular weight excluding hydrogens is 184 g/mol. The van der Waals surface area contributed by atoms with Crippen molar-refractivity contribution in [1.29, 1.82) is 0 Å². The summed E-state index contributed by atoms with van der Waals surface area (Å²) >= 11 is 0. The van der Waals surface area contributed by atoms with Gasteiger partial charge in [-0.2, -0.15) is 0 Å². The largest absolute Gasteiger partial charge is 0.329 e. The first-order chi connectivity index (χ1) is 7.08. The van der Waals surface area contributed by atoms with E-state index < -0.39 is 0 Å². The third-order valence-corrected chi connectivity index (χ3v) is 4.46. The van der Waals surface area contributed by atoms with Gasteiger partial charge in [0.25, 0.3) is 0 Å². The number of nitrogens with zero attached hydrogens (tertiary/aromatic N) is 1. The molecule has 0 saturated heterocycles. The van der Waals surface area contributed by atoms with Gasteiger partial charge in [0.15, 0.2) is 0 Å². The van der Waals surface area contributed by atoms with E-state index in [0.717, 1.165) is 24.9 Å². The lowest BCUT2D eigenvalue weighted by atomic mass is 9.67. The Kier molecular flexibility index (Phi) is 4.60. The van der Waals surface area contributed by atoms with Gasteiger partial charge in [-0.25, -0.2) is 0 Å². The second kappa shape index (κ2) is 5.31. The van der Waals surface area contributed by atoms with E-state index in [2.05, 4.69) is 32.7 Å². The van der Waals surface area contributed by atoms with E-state index in [1.165, 1.54) is 25.7 Å². The topological polar surface area (TPSA) is 29.3 Å². The fraction of sp³-hybridized carbons (Fsp3) is 1.00. The maximum absolute atomic E-state index is 6.10. The smallest absolute Gasteiger partial charge is 0.0359 e. The molecule has 1 rings (SSSR count). The van der Waals surface area contributed by atoms with Crippen molar-refractivity contribution >= 4 is 0 Å². The van der Waals surface area contributed by atoms with Crippen molar-refractivity contribution in [2.45, 2.75) is 52.0 Å². The second-order valence-corrected chi connectivity index (χ2v) is 5.42. The van der Waals surface area contributed by atoms with Gasteiger partial charge in [0, 0.05) is 12.1 Å². The third-order valence-electron chi connectivity index (χ3n) is 4.46. The molecule has 0 amide bonds. The van der Waals surface area contributed by atoms with Crippen LogP contribution in [0.2, 0.25) is 0 Å². The van der Waals surface area contributed by atoms with Crippen molar-refractivity contribution in [3.05, 3.63) is 0 Å². The predicted octanol–water partition coefficient (Wildman–Crippen LogP) is 2.48. The monoisotopic (exact) mass is 212 g/mol. The Hall–Kier alpha value is -0.0800. The van der Waals surface area contributed by atoms with Crippen LogP contribution in [0.4, 0.5) is 0 Å². The summed E-state index contributed by atoms with van der Waals surface area (Å²) in [5.74, 6) is 1.53. The van der Waals surface area contributed by atoms with E-state index in [0.29, 0.717) is 0 Å². The fourth-order valence-electron chi connectivity index (χ4n) is 3.40. The zero-order chi connectivity index (χ0) is 11.5. The van der Waals surface area contributed by atoms with E-state index in [1.807, 2.05) is 0 Å². The third kappa shape index (κ3) is 2.36. The normalized spacial score (nSPS) is 32.6. The molecule has 15 heavy (non-hydrogen) atoms. The number of hydrogen-bond acceptors (Lipinski definition) is 2. The summed E-state index contributed by atoms with van der Waals surface area (Å²) in [5.41, 5.74) is 6.38. The van der Waals surface area contributed by atoms with Crippen LogP contribution >= 0.6 is 0 Å². The quantitative estimate of drug-likeness (QED) is 0.776. The van der Waals surface area contributed by atoms with Crippen molar-refractivity contribution in [3.8, 4) is 0 Å². The van der Waals surface area contributed by atoms with Gasteiger partial charge in [-0.05, 0) is 38.3 Å². The molecule has 0 bridgehead atoms. The molecule has 0 heterocycles. The summed E-state index contributed by atoms with van der Waals surface area (Å²) in [5, 5.41) is 0. The van der Waals surface area contributed by atoms with Crippen LogP contribution in [0.3, 0.4) is 0 Å². The molecule has 0 aromatic rings. The molecule has 0 radical (unpaired) electrons. The molecule has 2 unspecified atom stereocenters. The molecule has 0 spiro atoms. The van der Waals surface area contributed by atoms with Crippen molar-refractivity contribution in [3.63, 3.8) is 0 Å². The summed E-state index contributed by atoms with van der Waals surface area (Å²) in [6.07, 6.45) is 5.39. The Morgan fingerprint density at radius 2 is 2.07 bits per heavy atom. The van der Waals surface area contributed by atoms with E-state index in [9.17, 15) is 0 Å². The SMILES string of the molecule is CCN(C)C1(CN)CCCCC1C(C)C. The number of likely N-dealkylation sites (N-methyl/N-ethyl adjacent to an activating group) is 1. The number of rotatable bonds is 4. The molecule has 0 aromatic carbocycles. The van der Waals surface area contributed by atoms with Crippen LogP contribution in [0.15, 0.2) is 0 Å². The average Bonchev–Trinajstić information content (AvgIpc) is 2.27. The first kappa shape index (κ1) is 13.0. The van der Waals surface area contributed by atoms with Gasteiger partial charge in [-0.3, -0.25) is 4.90 Å². The minimum atomic E-state index is 0.279. The second-order valence-electron chi connectivity index (χ2n) is 5.42.